The lowest BCUT2D eigenvalue weighted by molar-refractivity contribution is 0.732. The summed E-state index contributed by atoms with van der Waals surface area (Å²) in [6, 6.07) is 0. The SMILES string of the molecule is Cc1cnc(Cn2c(C)c[nH]c2=S)cn1. The Labute approximate surface area is 93.0 Å². The normalized spacial score (nSPS) is 10.5. The Balaban J connectivity index is 2.29. The highest BCUT2D eigenvalue weighted by molar-refractivity contribution is 7.71. The number of rotatable bonds is 2. The summed E-state index contributed by atoms with van der Waals surface area (Å²) in [6.07, 6.45) is 5.44. The molecule has 2 heterocycles. The second-order valence-electron chi connectivity index (χ2n) is 3.47. The van der Waals surface area contributed by atoms with Crippen LogP contribution in [-0.2, 0) is 6.54 Å². The first-order valence-electron chi connectivity index (χ1n) is 4.69. The van der Waals surface area contributed by atoms with Gasteiger partial charge in [-0.15, -0.1) is 0 Å². The Bertz CT molecular complexity index is 509. The molecule has 0 aliphatic carbocycles. The van der Waals surface area contributed by atoms with Gasteiger partial charge in [-0.05, 0) is 26.1 Å². The highest BCUT2D eigenvalue weighted by atomic mass is 32.1. The zero-order chi connectivity index (χ0) is 10.8. The third-order valence-electron chi connectivity index (χ3n) is 2.23. The summed E-state index contributed by atoms with van der Waals surface area (Å²) in [5.41, 5.74) is 2.94. The summed E-state index contributed by atoms with van der Waals surface area (Å²) in [5.74, 6) is 0. The fraction of sp³-hybridized carbons (Fsp3) is 0.300. The van der Waals surface area contributed by atoms with Crippen molar-refractivity contribution in [1.82, 2.24) is 19.5 Å². The number of imidazole rings is 1. The number of aryl methyl sites for hydroxylation is 2. The monoisotopic (exact) mass is 220 g/mol. The number of H-pyrrole nitrogens is 1. The van der Waals surface area contributed by atoms with Crippen molar-refractivity contribution in [2.45, 2.75) is 20.4 Å². The number of aromatic amines is 1. The second kappa shape index (κ2) is 3.94. The van der Waals surface area contributed by atoms with E-state index in [4.69, 9.17) is 12.2 Å². The maximum Gasteiger partial charge on any atom is 0.177 e. The van der Waals surface area contributed by atoms with E-state index in [2.05, 4.69) is 15.0 Å². The van der Waals surface area contributed by atoms with E-state index in [1.54, 1.807) is 12.4 Å². The van der Waals surface area contributed by atoms with Gasteiger partial charge in [0.15, 0.2) is 4.77 Å². The Hall–Kier alpha value is -1.49. The Kier molecular flexibility index (Phi) is 2.64. The quantitative estimate of drug-likeness (QED) is 0.787. The highest BCUT2D eigenvalue weighted by Gasteiger charge is 2.01. The molecule has 0 aliphatic rings. The maximum atomic E-state index is 5.16. The van der Waals surface area contributed by atoms with Gasteiger partial charge in [-0.2, -0.15) is 0 Å². The summed E-state index contributed by atoms with van der Waals surface area (Å²) in [4.78, 5) is 11.5. The molecule has 1 N–H and O–H groups in total. The van der Waals surface area contributed by atoms with Crippen molar-refractivity contribution < 1.29 is 0 Å². The molecule has 78 valence electrons. The van der Waals surface area contributed by atoms with Crippen molar-refractivity contribution in [3.63, 3.8) is 0 Å². The van der Waals surface area contributed by atoms with E-state index >= 15 is 0 Å². The third kappa shape index (κ3) is 2.12. The first-order valence-corrected chi connectivity index (χ1v) is 5.10. The molecule has 0 saturated heterocycles. The highest BCUT2D eigenvalue weighted by Crippen LogP contribution is 2.04. The lowest BCUT2D eigenvalue weighted by Crippen LogP contribution is -2.04. The average molecular weight is 220 g/mol. The molecule has 0 fully saturated rings. The molecule has 0 spiro atoms. The van der Waals surface area contributed by atoms with Crippen molar-refractivity contribution >= 4 is 12.2 Å². The lowest BCUT2D eigenvalue weighted by atomic mass is 10.4. The molecule has 0 aromatic carbocycles. The lowest BCUT2D eigenvalue weighted by Gasteiger charge is -2.04. The fourth-order valence-corrected chi connectivity index (χ4v) is 1.61. The topological polar surface area (TPSA) is 46.5 Å². The molecule has 0 aliphatic heterocycles. The van der Waals surface area contributed by atoms with Crippen molar-refractivity contribution in [3.05, 3.63) is 40.4 Å². The van der Waals surface area contributed by atoms with Gasteiger partial charge < -0.3 is 9.55 Å². The molecular formula is C10H12N4S. The predicted molar refractivity (Wildman–Crippen MR) is 60.2 cm³/mol. The zero-order valence-electron chi connectivity index (χ0n) is 8.69. The first kappa shape index (κ1) is 10.0. The van der Waals surface area contributed by atoms with Gasteiger partial charge in [0.2, 0.25) is 0 Å². The second-order valence-corrected chi connectivity index (χ2v) is 3.86. The minimum atomic E-state index is 0.668. The van der Waals surface area contributed by atoms with E-state index in [0.717, 1.165) is 21.9 Å². The summed E-state index contributed by atoms with van der Waals surface area (Å²) in [6.45, 7) is 4.60. The molecule has 2 aromatic heterocycles. The van der Waals surface area contributed by atoms with Crippen LogP contribution in [0.3, 0.4) is 0 Å². The van der Waals surface area contributed by atoms with Crippen LogP contribution >= 0.6 is 12.2 Å². The van der Waals surface area contributed by atoms with Crippen LogP contribution in [0.1, 0.15) is 17.1 Å². The van der Waals surface area contributed by atoms with E-state index in [0.29, 0.717) is 6.54 Å². The van der Waals surface area contributed by atoms with Gasteiger partial charge in [0.25, 0.3) is 0 Å². The van der Waals surface area contributed by atoms with Crippen LogP contribution in [0.4, 0.5) is 0 Å². The van der Waals surface area contributed by atoms with Crippen molar-refractivity contribution in [2.75, 3.05) is 0 Å². The standard InChI is InChI=1S/C10H12N4S/c1-7-3-12-9(5-11-7)6-14-8(2)4-13-10(14)15/h3-5H,6H2,1-2H3,(H,13,15). The van der Waals surface area contributed by atoms with E-state index in [-0.39, 0.29) is 0 Å². The van der Waals surface area contributed by atoms with Crippen LogP contribution < -0.4 is 0 Å². The molecule has 2 rings (SSSR count). The molecule has 0 atom stereocenters. The van der Waals surface area contributed by atoms with Crippen LogP contribution in [0, 0.1) is 18.6 Å². The number of aromatic nitrogens is 4. The third-order valence-corrected chi connectivity index (χ3v) is 2.57. The fourth-order valence-electron chi connectivity index (χ4n) is 1.34. The van der Waals surface area contributed by atoms with Crippen molar-refractivity contribution in [2.24, 2.45) is 0 Å². The van der Waals surface area contributed by atoms with Gasteiger partial charge in [-0.25, -0.2) is 0 Å². The maximum absolute atomic E-state index is 5.16. The van der Waals surface area contributed by atoms with Gasteiger partial charge >= 0.3 is 0 Å². The Morgan fingerprint density at radius 1 is 1.33 bits per heavy atom. The van der Waals surface area contributed by atoms with Gasteiger partial charge in [0.05, 0.1) is 24.1 Å². The molecule has 0 radical (unpaired) electrons. The van der Waals surface area contributed by atoms with Gasteiger partial charge in [0.1, 0.15) is 0 Å². The summed E-state index contributed by atoms with van der Waals surface area (Å²) < 4.78 is 2.71. The average Bonchev–Trinajstić information content (AvgIpc) is 2.53. The minimum Gasteiger partial charge on any atom is -0.337 e. The molecule has 5 heteroatoms. The Morgan fingerprint density at radius 2 is 2.13 bits per heavy atom. The van der Waals surface area contributed by atoms with Gasteiger partial charge in [-0.1, -0.05) is 0 Å². The molecule has 0 bridgehead atoms. The molecule has 0 amide bonds. The number of nitrogens with zero attached hydrogens (tertiary/aromatic N) is 3. The van der Waals surface area contributed by atoms with Crippen LogP contribution in [-0.4, -0.2) is 19.5 Å². The van der Waals surface area contributed by atoms with E-state index in [1.807, 2.05) is 24.6 Å². The molecule has 4 nitrogen and oxygen atoms in total. The molecule has 0 saturated carbocycles. The predicted octanol–water partition coefficient (Wildman–Crippen LogP) is 2.00. The van der Waals surface area contributed by atoms with Gasteiger partial charge in [0, 0.05) is 18.1 Å². The number of hydrogen-bond donors (Lipinski definition) is 1. The molecule has 2 aromatic rings. The van der Waals surface area contributed by atoms with E-state index in [9.17, 15) is 0 Å². The molecular weight excluding hydrogens is 208 g/mol. The summed E-state index contributed by atoms with van der Waals surface area (Å²) in [7, 11) is 0. The summed E-state index contributed by atoms with van der Waals surface area (Å²) >= 11 is 5.16. The zero-order valence-corrected chi connectivity index (χ0v) is 9.51. The van der Waals surface area contributed by atoms with Crippen molar-refractivity contribution in [1.29, 1.82) is 0 Å². The first-order chi connectivity index (χ1) is 7.16. The summed E-state index contributed by atoms with van der Waals surface area (Å²) in [5, 5.41) is 0. The largest absolute Gasteiger partial charge is 0.337 e. The van der Waals surface area contributed by atoms with E-state index < -0.39 is 0 Å². The Morgan fingerprint density at radius 3 is 2.67 bits per heavy atom. The molecule has 15 heavy (non-hydrogen) atoms. The van der Waals surface area contributed by atoms with Crippen LogP contribution in [0.15, 0.2) is 18.6 Å². The minimum absolute atomic E-state index is 0.668. The van der Waals surface area contributed by atoms with Crippen molar-refractivity contribution in [3.8, 4) is 0 Å². The van der Waals surface area contributed by atoms with E-state index in [1.165, 1.54) is 0 Å². The molecule has 0 unspecified atom stereocenters. The van der Waals surface area contributed by atoms with Crippen LogP contribution in [0.2, 0.25) is 0 Å². The van der Waals surface area contributed by atoms with Crippen LogP contribution in [0.25, 0.3) is 0 Å². The number of hydrogen-bond acceptors (Lipinski definition) is 3. The smallest absolute Gasteiger partial charge is 0.177 e. The van der Waals surface area contributed by atoms with Crippen LogP contribution in [0.5, 0.6) is 0 Å². The number of nitrogens with one attached hydrogen (secondary N) is 1. The van der Waals surface area contributed by atoms with Gasteiger partial charge in [-0.3, -0.25) is 9.97 Å².